The Kier molecular flexibility index (Phi) is 4.04. The van der Waals surface area contributed by atoms with Crippen LogP contribution in [0.3, 0.4) is 0 Å². The summed E-state index contributed by atoms with van der Waals surface area (Å²) in [4.78, 5) is 23.2. The predicted molar refractivity (Wildman–Crippen MR) is 93.9 cm³/mol. The van der Waals surface area contributed by atoms with Crippen molar-refractivity contribution in [2.24, 2.45) is 0 Å². The van der Waals surface area contributed by atoms with Crippen LogP contribution in [0.4, 0.5) is 5.69 Å². The van der Waals surface area contributed by atoms with Crippen LogP contribution in [0.25, 0.3) is 22.2 Å². The van der Waals surface area contributed by atoms with Gasteiger partial charge >= 0.3 is 0 Å². The normalized spacial score (nSPS) is 11.2. The van der Waals surface area contributed by atoms with Gasteiger partial charge in [-0.25, -0.2) is 0 Å². The van der Waals surface area contributed by atoms with Crippen molar-refractivity contribution < 1.29 is 9.72 Å². The average molecular weight is 323 g/mol. The molecule has 0 spiro atoms. The fraction of sp³-hybridized carbons (Fsp3) is 0.0556. The zero-order valence-corrected chi connectivity index (χ0v) is 13.2. The monoisotopic (exact) mass is 323 g/mol. The lowest BCUT2D eigenvalue weighted by Crippen LogP contribution is -1.91. The summed E-state index contributed by atoms with van der Waals surface area (Å²) in [7, 11) is 0. The highest BCUT2D eigenvalue weighted by molar-refractivity contribution is 7.21. The number of nitrogens with zero attached hydrogens (tertiary/aromatic N) is 1. The van der Waals surface area contributed by atoms with Gasteiger partial charge in [-0.3, -0.25) is 14.9 Å². The van der Waals surface area contributed by atoms with Crippen molar-refractivity contribution in [2.45, 2.75) is 6.92 Å². The lowest BCUT2D eigenvalue weighted by molar-refractivity contribution is -0.385. The van der Waals surface area contributed by atoms with Gasteiger partial charge < -0.3 is 0 Å². The second-order valence-corrected chi connectivity index (χ2v) is 6.10. The number of hydrogen-bond acceptors (Lipinski definition) is 4. The molecule has 2 aromatic carbocycles. The fourth-order valence-electron chi connectivity index (χ4n) is 2.46. The molecule has 0 radical (unpaired) electrons. The van der Waals surface area contributed by atoms with Gasteiger partial charge in [0.1, 0.15) is 0 Å². The minimum absolute atomic E-state index is 0.00610. The number of fused-ring (bicyclic) bond motifs is 1. The molecule has 114 valence electrons. The summed E-state index contributed by atoms with van der Waals surface area (Å²) in [6.45, 7) is 1.53. The Bertz CT molecular complexity index is 940. The first kappa shape index (κ1) is 15.1. The summed E-state index contributed by atoms with van der Waals surface area (Å²) in [5.41, 5.74) is 1.38. The van der Waals surface area contributed by atoms with E-state index in [1.807, 2.05) is 24.3 Å². The van der Waals surface area contributed by atoms with Gasteiger partial charge in [-0.2, -0.15) is 0 Å². The number of nitro groups is 1. The molecule has 0 N–H and O–H groups in total. The van der Waals surface area contributed by atoms with Gasteiger partial charge in [0.25, 0.3) is 5.69 Å². The van der Waals surface area contributed by atoms with E-state index in [-0.39, 0.29) is 11.5 Å². The minimum Gasteiger partial charge on any atom is -0.294 e. The topological polar surface area (TPSA) is 60.2 Å². The van der Waals surface area contributed by atoms with Gasteiger partial charge in [-0.15, -0.1) is 11.3 Å². The molecule has 0 bridgehead atoms. The van der Waals surface area contributed by atoms with Crippen molar-refractivity contribution in [3.8, 4) is 0 Å². The van der Waals surface area contributed by atoms with Crippen molar-refractivity contribution in [2.75, 3.05) is 0 Å². The van der Waals surface area contributed by atoms with Gasteiger partial charge in [0, 0.05) is 21.7 Å². The van der Waals surface area contributed by atoms with E-state index in [9.17, 15) is 14.9 Å². The van der Waals surface area contributed by atoms with Gasteiger partial charge in [0.05, 0.1) is 15.4 Å². The third kappa shape index (κ3) is 2.91. The summed E-state index contributed by atoms with van der Waals surface area (Å²) >= 11 is 1.44. The summed E-state index contributed by atoms with van der Waals surface area (Å²) in [5.74, 6) is -0.00610. The molecule has 0 amide bonds. The SMILES string of the molecule is CC(=O)c1sc2ccccc2c1/C=C/c1ccccc1[N+](=O)[O-]. The quantitative estimate of drug-likeness (QED) is 0.377. The van der Waals surface area contributed by atoms with Crippen LogP contribution in [0.15, 0.2) is 48.5 Å². The number of benzene rings is 2. The smallest absolute Gasteiger partial charge is 0.276 e. The van der Waals surface area contributed by atoms with Crippen LogP contribution >= 0.6 is 11.3 Å². The molecule has 5 heteroatoms. The molecular formula is C18H13NO3S. The maximum absolute atomic E-state index is 11.9. The van der Waals surface area contributed by atoms with E-state index in [4.69, 9.17) is 0 Å². The maximum Gasteiger partial charge on any atom is 0.276 e. The molecule has 0 saturated heterocycles. The summed E-state index contributed by atoms with van der Waals surface area (Å²) in [6, 6.07) is 14.3. The first-order valence-electron chi connectivity index (χ1n) is 7.02. The molecule has 3 aromatic rings. The predicted octanol–water partition coefficient (Wildman–Crippen LogP) is 5.18. The maximum atomic E-state index is 11.9. The summed E-state index contributed by atoms with van der Waals surface area (Å²) in [6.07, 6.45) is 3.48. The zero-order chi connectivity index (χ0) is 16.4. The number of thiophene rings is 1. The Morgan fingerprint density at radius 3 is 2.52 bits per heavy atom. The van der Waals surface area contributed by atoms with Crippen molar-refractivity contribution in [1.29, 1.82) is 0 Å². The fourth-order valence-corrected chi connectivity index (χ4v) is 3.55. The molecule has 3 rings (SSSR count). The molecule has 0 aliphatic heterocycles. The van der Waals surface area contributed by atoms with E-state index in [0.29, 0.717) is 10.4 Å². The number of carbonyl (C=O) groups excluding carboxylic acids is 1. The highest BCUT2D eigenvalue weighted by Crippen LogP contribution is 2.33. The molecule has 1 heterocycles. The van der Waals surface area contributed by atoms with Crippen LogP contribution < -0.4 is 0 Å². The van der Waals surface area contributed by atoms with Crippen LogP contribution in [0.2, 0.25) is 0 Å². The number of ketones is 1. The van der Waals surface area contributed by atoms with Gasteiger partial charge in [0.15, 0.2) is 5.78 Å². The lowest BCUT2D eigenvalue weighted by Gasteiger charge is -1.98. The number of hydrogen-bond donors (Lipinski definition) is 0. The molecule has 0 unspecified atom stereocenters. The number of Topliss-reactive ketones (excluding diaryl/α,β-unsaturated/α-hetero) is 1. The Labute approximate surface area is 136 Å². The molecule has 0 aliphatic carbocycles. The molecular weight excluding hydrogens is 310 g/mol. The van der Waals surface area contributed by atoms with E-state index in [2.05, 4.69) is 0 Å². The first-order chi connectivity index (χ1) is 11.1. The molecule has 0 fully saturated rings. The molecule has 0 atom stereocenters. The van der Waals surface area contributed by atoms with E-state index in [1.165, 1.54) is 24.3 Å². The third-order valence-corrected chi connectivity index (χ3v) is 4.80. The van der Waals surface area contributed by atoms with Crippen LogP contribution in [0, 0.1) is 10.1 Å². The number of para-hydroxylation sites is 1. The average Bonchev–Trinajstić information content (AvgIpc) is 2.92. The van der Waals surface area contributed by atoms with E-state index in [0.717, 1.165) is 15.6 Å². The Hall–Kier alpha value is -2.79. The number of nitro benzene ring substituents is 1. The Morgan fingerprint density at radius 1 is 1.09 bits per heavy atom. The second kappa shape index (κ2) is 6.14. The van der Waals surface area contributed by atoms with Gasteiger partial charge in [0.2, 0.25) is 0 Å². The summed E-state index contributed by atoms with van der Waals surface area (Å²) in [5, 5.41) is 12.1. The van der Waals surface area contributed by atoms with E-state index in [1.54, 1.807) is 30.4 Å². The van der Waals surface area contributed by atoms with Crippen LogP contribution in [-0.4, -0.2) is 10.7 Å². The van der Waals surface area contributed by atoms with Gasteiger partial charge in [-0.05, 0) is 25.1 Å². The lowest BCUT2D eigenvalue weighted by atomic mass is 10.1. The highest BCUT2D eigenvalue weighted by Gasteiger charge is 2.14. The van der Waals surface area contributed by atoms with Crippen LogP contribution in [-0.2, 0) is 0 Å². The first-order valence-corrected chi connectivity index (χ1v) is 7.83. The molecule has 1 aromatic heterocycles. The molecule has 0 saturated carbocycles. The number of carbonyl (C=O) groups is 1. The highest BCUT2D eigenvalue weighted by atomic mass is 32.1. The Morgan fingerprint density at radius 2 is 1.78 bits per heavy atom. The molecule has 4 nitrogen and oxygen atoms in total. The Balaban J connectivity index is 2.13. The van der Waals surface area contributed by atoms with Crippen LogP contribution in [0.1, 0.15) is 27.7 Å². The third-order valence-electron chi connectivity index (χ3n) is 3.52. The van der Waals surface area contributed by atoms with Crippen molar-refractivity contribution in [1.82, 2.24) is 0 Å². The standard InChI is InChI=1S/C18H13NO3S/c1-12(20)18-15(14-7-3-5-9-17(14)23-18)11-10-13-6-2-4-8-16(13)19(21)22/h2-11H,1H3/b11-10+. The van der Waals surface area contributed by atoms with Gasteiger partial charge in [-0.1, -0.05) is 36.4 Å². The van der Waals surface area contributed by atoms with E-state index < -0.39 is 4.92 Å². The summed E-state index contributed by atoms with van der Waals surface area (Å²) < 4.78 is 1.03. The van der Waals surface area contributed by atoms with Crippen LogP contribution in [0.5, 0.6) is 0 Å². The zero-order valence-electron chi connectivity index (χ0n) is 12.4. The van der Waals surface area contributed by atoms with E-state index >= 15 is 0 Å². The second-order valence-electron chi connectivity index (χ2n) is 5.05. The molecule has 0 aliphatic rings. The van der Waals surface area contributed by atoms with Crippen molar-refractivity contribution in [3.05, 3.63) is 74.6 Å². The minimum atomic E-state index is -0.405. The van der Waals surface area contributed by atoms with Crippen molar-refractivity contribution >= 4 is 45.0 Å². The largest absolute Gasteiger partial charge is 0.294 e. The van der Waals surface area contributed by atoms with Crippen molar-refractivity contribution in [3.63, 3.8) is 0 Å². The molecule has 23 heavy (non-hydrogen) atoms. The number of rotatable bonds is 4.